The van der Waals surface area contributed by atoms with Gasteiger partial charge in [0, 0.05) is 22.4 Å². The van der Waals surface area contributed by atoms with Crippen molar-refractivity contribution in [3.63, 3.8) is 0 Å². The highest BCUT2D eigenvalue weighted by Gasteiger charge is 2.10. The maximum atomic E-state index is 11.9. The largest absolute Gasteiger partial charge is 0.349 e. The molecule has 6 heteroatoms. The molecule has 1 heterocycles. The first-order valence-electron chi connectivity index (χ1n) is 6.63. The van der Waals surface area contributed by atoms with E-state index >= 15 is 0 Å². The average Bonchev–Trinajstić information content (AvgIpc) is 2.41. The predicted molar refractivity (Wildman–Crippen MR) is 86.8 cm³/mol. The first-order valence-corrected chi connectivity index (χ1v) is 7.42. The summed E-state index contributed by atoms with van der Waals surface area (Å²) in [7, 11) is 0. The zero-order chi connectivity index (χ0) is 15.4. The van der Waals surface area contributed by atoms with Crippen molar-refractivity contribution in [3.8, 4) is 0 Å². The smallest absolute Gasteiger partial charge is 0.270 e. The number of carbonyl (C=O) groups is 1. The van der Waals surface area contributed by atoms with Gasteiger partial charge in [0.25, 0.3) is 5.91 Å². The zero-order valence-electron chi connectivity index (χ0n) is 12.1. The Morgan fingerprint density at radius 2 is 2.05 bits per heavy atom. The molecule has 0 atom stereocenters. The Morgan fingerprint density at radius 3 is 2.71 bits per heavy atom. The number of amides is 1. The summed E-state index contributed by atoms with van der Waals surface area (Å²) in [4.78, 5) is 20.3. The molecule has 0 unspecified atom stereocenters. The van der Waals surface area contributed by atoms with Crippen molar-refractivity contribution in [1.82, 2.24) is 15.3 Å². The number of aromatic nitrogens is 2. The molecular weight excluding hydrogens is 332 g/mol. The van der Waals surface area contributed by atoms with E-state index < -0.39 is 0 Å². The van der Waals surface area contributed by atoms with E-state index in [-0.39, 0.29) is 11.9 Å². The molecule has 0 bridgehead atoms. The van der Waals surface area contributed by atoms with Gasteiger partial charge >= 0.3 is 0 Å². The maximum Gasteiger partial charge on any atom is 0.270 e. The number of rotatable bonds is 4. The standard InChI is InChI=1S/C15H17BrN4O/c1-9(2)18-14(21)13-6-7-17-15(20-13)19-12-5-4-11(16)8-10(12)3/h4-9H,1-3H3,(H,18,21)(H,17,19,20). The van der Waals surface area contributed by atoms with Crippen LogP contribution < -0.4 is 10.6 Å². The highest BCUT2D eigenvalue weighted by molar-refractivity contribution is 9.10. The van der Waals surface area contributed by atoms with Crippen LogP contribution in [0.3, 0.4) is 0 Å². The number of halogens is 1. The monoisotopic (exact) mass is 348 g/mol. The van der Waals surface area contributed by atoms with E-state index in [0.717, 1.165) is 15.7 Å². The van der Waals surface area contributed by atoms with Crippen molar-refractivity contribution < 1.29 is 4.79 Å². The summed E-state index contributed by atoms with van der Waals surface area (Å²) in [5.41, 5.74) is 2.31. The molecule has 0 aliphatic carbocycles. The lowest BCUT2D eigenvalue weighted by atomic mass is 10.2. The van der Waals surface area contributed by atoms with Crippen LogP contribution in [0.5, 0.6) is 0 Å². The second-order valence-electron chi connectivity index (χ2n) is 4.98. The van der Waals surface area contributed by atoms with Crippen molar-refractivity contribution >= 4 is 33.5 Å². The van der Waals surface area contributed by atoms with Gasteiger partial charge in [-0.1, -0.05) is 15.9 Å². The summed E-state index contributed by atoms with van der Waals surface area (Å²) in [6.45, 7) is 5.80. The van der Waals surface area contributed by atoms with Crippen LogP contribution in [0.4, 0.5) is 11.6 Å². The molecule has 1 aromatic heterocycles. The zero-order valence-corrected chi connectivity index (χ0v) is 13.7. The molecule has 0 saturated carbocycles. The van der Waals surface area contributed by atoms with Crippen LogP contribution in [0.2, 0.25) is 0 Å². The maximum absolute atomic E-state index is 11.9. The summed E-state index contributed by atoms with van der Waals surface area (Å²) < 4.78 is 1.01. The molecule has 5 nitrogen and oxygen atoms in total. The molecule has 21 heavy (non-hydrogen) atoms. The fraction of sp³-hybridized carbons (Fsp3) is 0.267. The van der Waals surface area contributed by atoms with Crippen molar-refractivity contribution in [3.05, 3.63) is 46.2 Å². The van der Waals surface area contributed by atoms with Gasteiger partial charge in [-0.2, -0.15) is 0 Å². The fourth-order valence-electron chi connectivity index (χ4n) is 1.77. The topological polar surface area (TPSA) is 66.9 Å². The highest BCUT2D eigenvalue weighted by atomic mass is 79.9. The molecule has 0 saturated heterocycles. The summed E-state index contributed by atoms with van der Waals surface area (Å²) in [5.74, 6) is 0.194. The quantitative estimate of drug-likeness (QED) is 0.888. The van der Waals surface area contributed by atoms with Crippen LogP contribution in [-0.2, 0) is 0 Å². The van der Waals surface area contributed by atoms with Crippen LogP contribution in [0, 0.1) is 6.92 Å². The SMILES string of the molecule is Cc1cc(Br)ccc1Nc1nccc(C(=O)NC(C)C)n1. The van der Waals surface area contributed by atoms with Crippen LogP contribution >= 0.6 is 15.9 Å². The minimum absolute atomic E-state index is 0.0672. The molecule has 110 valence electrons. The van der Waals surface area contributed by atoms with Crippen molar-refractivity contribution in [1.29, 1.82) is 0 Å². The first kappa shape index (κ1) is 15.4. The van der Waals surface area contributed by atoms with Gasteiger partial charge in [-0.15, -0.1) is 0 Å². The number of nitrogens with zero attached hydrogens (tertiary/aromatic N) is 2. The molecule has 0 aliphatic heterocycles. The molecule has 0 spiro atoms. The molecule has 0 aliphatic rings. The Morgan fingerprint density at radius 1 is 1.29 bits per heavy atom. The second-order valence-corrected chi connectivity index (χ2v) is 5.89. The molecule has 2 rings (SSSR count). The van der Waals surface area contributed by atoms with Crippen molar-refractivity contribution in [2.75, 3.05) is 5.32 Å². The van der Waals surface area contributed by atoms with Gasteiger partial charge in [0.15, 0.2) is 0 Å². The molecule has 2 N–H and O–H groups in total. The van der Waals surface area contributed by atoms with E-state index in [2.05, 4.69) is 36.5 Å². The molecule has 1 aromatic carbocycles. The van der Waals surface area contributed by atoms with Gasteiger partial charge < -0.3 is 10.6 Å². The number of anilines is 2. The minimum atomic E-state index is -0.206. The van der Waals surface area contributed by atoms with Crippen LogP contribution in [0.1, 0.15) is 29.9 Å². The summed E-state index contributed by atoms with van der Waals surface area (Å²) >= 11 is 3.42. The normalized spacial score (nSPS) is 10.5. The fourth-order valence-corrected chi connectivity index (χ4v) is 2.24. The van der Waals surface area contributed by atoms with Gasteiger partial charge in [0.2, 0.25) is 5.95 Å². The Hall–Kier alpha value is -1.95. The third-order valence-corrected chi connectivity index (χ3v) is 3.24. The van der Waals surface area contributed by atoms with E-state index in [1.54, 1.807) is 12.3 Å². The van der Waals surface area contributed by atoms with E-state index in [1.165, 1.54) is 0 Å². The summed E-state index contributed by atoms with van der Waals surface area (Å²) in [6.07, 6.45) is 1.57. The van der Waals surface area contributed by atoms with Crippen molar-refractivity contribution in [2.45, 2.75) is 26.8 Å². The summed E-state index contributed by atoms with van der Waals surface area (Å²) in [6, 6.07) is 7.53. The lowest BCUT2D eigenvalue weighted by Crippen LogP contribution is -2.30. The van der Waals surface area contributed by atoms with E-state index in [9.17, 15) is 4.79 Å². The second kappa shape index (κ2) is 6.67. The number of aryl methyl sites for hydroxylation is 1. The van der Waals surface area contributed by atoms with Crippen LogP contribution in [-0.4, -0.2) is 21.9 Å². The average molecular weight is 349 g/mol. The summed E-state index contributed by atoms with van der Waals surface area (Å²) in [5, 5.41) is 5.93. The number of hydrogen-bond donors (Lipinski definition) is 2. The lowest BCUT2D eigenvalue weighted by Gasteiger charge is -2.10. The van der Waals surface area contributed by atoms with Crippen LogP contribution in [0.25, 0.3) is 0 Å². The Bertz CT molecular complexity index is 658. The molecular formula is C15H17BrN4O. The van der Waals surface area contributed by atoms with Gasteiger partial charge in [0.1, 0.15) is 5.69 Å². The Balaban J connectivity index is 2.19. The molecule has 1 amide bonds. The van der Waals surface area contributed by atoms with Crippen LogP contribution in [0.15, 0.2) is 34.9 Å². The van der Waals surface area contributed by atoms with E-state index in [0.29, 0.717) is 11.6 Å². The lowest BCUT2D eigenvalue weighted by molar-refractivity contribution is 0.0938. The number of carbonyl (C=O) groups excluding carboxylic acids is 1. The number of hydrogen-bond acceptors (Lipinski definition) is 4. The van der Waals surface area contributed by atoms with Gasteiger partial charge in [-0.25, -0.2) is 9.97 Å². The van der Waals surface area contributed by atoms with E-state index in [4.69, 9.17) is 0 Å². The predicted octanol–water partition coefficient (Wildman–Crippen LogP) is 3.43. The number of nitrogens with one attached hydrogen (secondary N) is 2. The first-order chi connectivity index (χ1) is 9.95. The number of benzene rings is 1. The highest BCUT2D eigenvalue weighted by Crippen LogP contribution is 2.22. The van der Waals surface area contributed by atoms with Gasteiger partial charge in [0.05, 0.1) is 0 Å². The third kappa shape index (κ3) is 4.26. The molecule has 2 aromatic rings. The minimum Gasteiger partial charge on any atom is -0.349 e. The molecule has 0 radical (unpaired) electrons. The Labute approximate surface area is 132 Å². The Kier molecular flexibility index (Phi) is 4.90. The van der Waals surface area contributed by atoms with Gasteiger partial charge in [-0.05, 0) is 50.6 Å². The third-order valence-electron chi connectivity index (χ3n) is 2.74. The molecule has 0 fully saturated rings. The van der Waals surface area contributed by atoms with Crippen molar-refractivity contribution in [2.24, 2.45) is 0 Å². The van der Waals surface area contributed by atoms with E-state index in [1.807, 2.05) is 39.0 Å². The van der Waals surface area contributed by atoms with Gasteiger partial charge in [-0.3, -0.25) is 4.79 Å².